The molecule has 0 unspecified atom stereocenters. The maximum Gasteiger partial charge on any atom is 0.241 e. The van der Waals surface area contributed by atoms with Gasteiger partial charge in [0.2, 0.25) is 5.91 Å². The van der Waals surface area contributed by atoms with Gasteiger partial charge in [-0.2, -0.15) is 11.8 Å². The van der Waals surface area contributed by atoms with Gasteiger partial charge in [0.25, 0.3) is 0 Å². The minimum Gasteiger partial charge on any atom is -0.381 e. The Morgan fingerprint density at radius 3 is 2.83 bits per heavy atom. The van der Waals surface area contributed by atoms with E-state index in [2.05, 4.69) is 25.2 Å². The van der Waals surface area contributed by atoms with Crippen LogP contribution in [-0.4, -0.2) is 30.4 Å². The third kappa shape index (κ3) is 6.53. The normalized spacial score (nSPS) is 17.2. The maximum atomic E-state index is 12.1. The van der Waals surface area contributed by atoms with E-state index in [4.69, 9.17) is 10.5 Å². The van der Waals surface area contributed by atoms with Crippen LogP contribution < -0.4 is 11.1 Å². The fourth-order valence-corrected chi connectivity index (χ4v) is 3.78. The Kier molecular flexibility index (Phi) is 7.40. The molecule has 1 aliphatic rings. The Labute approximate surface area is 143 Å². The van der Waals surface area contributed by atoms with Crippen molar-refractivity contribution >= 4 is 23.4 Å². The molecule has 1 atom stereocenters. The molecule has 1 aromatic rings. The number of benzene rings is 1. The summed E-state index contributed by atoms with van der Waals surface area (Å²) >= 11 is 1.98. The number of carbonyl (C=O) groups excluding carboxylic acids is 1. The molecule has 1 fully saturated rings. The quantitative estimate of drug-likeness (QED) is 0.801. The second-order valence-corrected chi connectivity index (χ2v) is 7.84. The molecule has 1 saturated heterocycles. The molecule has 0 spiro atoms. The number of anilines is 1. The van der Waals surface area contributed by atoms with E-state index in [1.807, 2.05) is 30.0 Å². The van der Waals surface area contributed by atoms with E-state index in [1.54, 1.807) is 0 Å². The van der Waals surface area contributed by atoms with Crippen molar-refractivity contribution in [1.29, 1.82) is 0 Å². The van der Waals surface area contributed by atoms with E-state index >= 15 is 0 Å². The molecule has 4 nitrogen and oxygen atoms in total. The Bertz CT molecular complexity index is 502. The van der Waals surface area contributed by atoms with Gasteiger partial charge >= 0.3 is 0 Å². The van der Waals surface area contributed by atoms with Crippen molar-refractivity contribution in [2.75, 3.05) is 18.5 Å². The van der Waals surface area contributed by atoms with Crippen molar-refractivity contribution in [1.82, 2.24) is 0 Å². The highest BCUT2D eigenvalue weighted by Crippen LogP contribution is 2.26. The number of nitrogens with two attached hydrogens (primary N) is 1. The smallest absolute Gasteiger partial charge is 0.241 e. The van der Waals surface area contributed by atoms with Crippen LogP contribution in [0.3, 0.4) is 0 Å². The molecule has 5 heteroatoms. The molecule has 3 N–H and O–H groups in total. The predicted molar refractivity (Wildman–Crippen MR) is 97.6 cm³/mol. The molecule has 0 saturated carbocycles. The fraction of sp³-hybridized carbons (Fsp3) is 0.611. The molecule has 1 aliphatic heterocycles. The molecule has 1 heterocycles. The monoisotopic (exact) mass is 336 g/mol. The van der Waals surface area contributed by atoms with Gasteiger partial charge in [-0.25, -0.2) is 0 Å². The average molecular weight is 337 g/mol. The molecule has 128 valence electrons. The third-order valence-corrected chi connectivity index (χ3v) is 5.35. The zero-order chi connectivity index (χ0) is 16.7. The van der Waals surface area contributed by atoms with Crippen molar-refractivity contribution in [3.05, 3.63) is 29.8 Å². The van der Waals surface area contributed by atoms with Crippen LogP contribution in [0.1, 0.15) is 38.7 Å². The van der Waals surface area contributed by atoms with E-state index in [9.17, 15) is 4.79 Å². The Hall–Kier alpha value is -1.04. The van der Waals surface area contributed by atoms with Gasteiger partial charge in [-0.3, -0.25) is 4.79 Å². The number of amides is 1. The van der Waals surface area contributed by atoms with Crippen molar-refractivity contribution < 1.29 is 9.53 Å². The fourth-order valence-electron chi connectivity index (χ4n) is 2.65. The predicted octanol–water partition coefficient (Wildman–Crippen LogP) is 3.41. The standard InChI is InChI=1S/C18H28N2O2S/c1-13(2)10-17(19)18(21)20-15-5-3-4-14(11-15)12-23-16-6-8-22-9-7-16/h3-5,11,13,16-17H,6-10,12,19H2,1-2H3,(H,20,21)/t17-/m0/s1. The van der Waals surface area contributed by atoms with E-state index in [1.165, 1.54) is 5.56 Å². The zero-order valence-electron chi connectivity index (χ0n) is 14.1. The molecule has 2 rings (SSSR count). The van der Waals surface area contributed by atoms with Crippen molar-refractivity contribution in [3.63, 3.8) is 0 Å². The van der Waals surface area contributed by atoms with Crippen molar-refractivity contribution in [3.8, 4) is 0 Å². The van der Waals surface area contributed by atoms with Gasteiger partial charge in [0.1, 0.15) is 0 Å². The molecular formula is C18H28N2O2S. The van der Waals surface area contributed by atoms with Crippen LogP contribution in [0.25, 0.3) is 0 Å². The largest absolute Gasteiger partial charge is 0.381 e. The van der Waals surface area contributed by atoms with Gasteiger partial charge in [-0.05, 0) is 42.9 Å². The summed E-state index contributed by atoms with van der Waals surface area (Å²) < 4.78 is 5.39. The highest BCUT2D eigenvalue weighted by Gasteiger charge is 2.16. The minimum absolute atomic E-state index is 0.104. The van der Waals surface area contributed by atoms with Gasteiger partial charge in [0, 0.05) is 29.9 Å². The van der Waals surface area contributed by atoms with Gasteiger partial charge in [-0.1, -0.05) is 26.0 Å². The summed E-state index contributed by atoms with van der Waals surface area (Å²) in [6.07, 6.45) is 2.96. The lowest BCUT2D eigenvalue weighted by Gasteiger charge is -2.21. The van der Waals surface area contributed by atoms with E-state index in [-0.39, 0.29) is 5.91 Å². The Morgan fingerprint density at radius 2 is 2.13 bits per heavy atom. The number of thioether (sulfide) groups is 1. The molecule has 23 heavy (non-hydrogen) atoms. The second-order valence-electron chi connectivity index (χ2n) is 6.55. The summed E-state index contributed by atoms with van der Waals surface area (Å²) in [5.41, 5.74) is 8.00. The van der Waals surface area contributed by atoms with Gasteiger partial charge < -0.3 is 15.8 Å². The number of carbonyl (C=O) groups is 1. The summed E-state index contributed by atoms with van der Waals surface area (Å²) in [6, 6.07) is 7.62. The highest BCUT2D eigenvalue weighted by molar-refractivity contribution is 7.99. The van der Waals surface area contributed by atoms with Crippen LogP contribution in [0.2, 0.25) is 0 Å². The molecule has 0 aliphatic carbocycles. The first-order valence-electron chi connectivity index (χ1n) is 8.39. The third-order valence-electron chi connectivity index (χ3n) is 3.91. The van der Waals surface area contributed by atoms with E-state index in [0.29, 0.717) is 17.6 Å². The number of rotatable bonds is 7. The van der Waals surface area contributed by atoms with Crippen LogP contribution in [0.15, 0.2) is 24.3 Å². The molecule has 1 amide bonds. The number of ether oxygens (including phenoxy) is 1. The lowest BCUT2D eigenvalue weighted by molar-refractivity contribution is -0.117. The van der Waals surface area contributed by atoms with E-state index in [0.717, 1.165) is 37.5 Å². The van der Waals surface area contributed by atoms with Gasteiger partial charge in [0.15, 0.2) is 0 Å². The van der Waals surface area contributed by atoms with Crippen molar-refractivity contribution in [2.45, 2.75) is 50.2 Å². The SMILES string of the molecule is CC(C)C[C@H](N)C(=O)Nc1cccc(CSC2CCOCC2)c1. The summed E-state index contributed by atoms with van der Waals surface area (Å²) in [7, 11) is 0. The number of nitrogens with one attached hydrogen (secondary N) is 1. The first-order valence-corrected chi connectivity index (χ1v) is 9.44. The topological polar surface area (TPSA) is 64.4 Å². The minimum atomic E-state index is -0.449. The molecule has 1 aromatic carbocycles. The first-order chi connectivity index (χ1) is 11.0. The summed E-state index contributed by atoms with van der Waals surface area (Å²) in [6.45, 7) is 5.89. The van der Waals surface area contributed by atoms with Crippen molar-refractivity contribution in [2.24, 2.45) is 11.7 Å². The summed E-state index contributed by atoms with van der Waals surface area (Å²) in [5, 5.41) is 3.61. The summed E-state index contributed by atoms with van der Waals surface area (Å²) in [5.74, 6) is 1.28. The Morgan fingerprint density at radius 1 is 1.39 bits per heavy atom. The first kappa shape index (κ1) is 18.3. The molecule has 0 bridgehead atoms. The number of hydrogen-bond donors (Lipinski definition) is 2. The highest BCUT2D eigenvalue weighted by atomic mass is 32.2. The number of hydrogen-bond acceptors (Lipinski definition) is 4. The van der Waals surface area contributed by atoms with Crippen LogP contribution in [0, 0.1) is 5.92 Å². The zero-order valence-corrected chi connectivity index (χ0v) is 14.9. The Balaban J connectivity index is 1.85. The maximum absolute atomic E-state index is 12.1. The average Bonchev–Trinajstić information content (AvgIpc) is 2.53. The summed E-state index contributed by atoms with van der Waals surface area (Å²) in [4.78, 5) is 12.1. The second kappa shape index (κ2) is 9.30. The van der Waals surface area contributed by atoms with E-state index < -0.39 is 6.04 Å². The molecule has 0 radical (unpaired) electrons. The lowest BCUT2D eigenvalue weighted by atomic mass is 10.0. The molecule has 0 aromatic heterocycles. The molecular weight excluding hydrogens is 308 g/mol. The van der Waals surface area contributed by atoms with Gasteiger partial charge in [-0.15, -0.1) is 0 Å². The van der Waals surface area contributed by atoms with Crippen LogP contribution in [-0.2, 0) is 15.3 Å². The van der Waals surface area contributed by atoms with Crippen LogP contribution in [0.4, 0.5) is 5.69 Å². The van der Waals surface area contributed by atoms with Crippen LogP contribution >= 0.6 is 11.8 Å². The van der Waals surface area contributed by atoms with Gasteiger partial charge in [0.05, 0.1) is 6.04 Å². The van der Waals surface area contributed by atoms with Crippen LogP contribution in [0.5, 0.6) is 0 Å². The lowest BCUT2D eigenvalue weighted by Crippen LogP contribution is -2.36.